The molecule has 2 heteroatoms. The van der Waals surface area contributed by atoms with Gasteiger partial charge in [0.05, 0.1) is 0 Å². The molecule has 0 atom stereocenters. The first-order valence-corrected chi connectivity index (χ1v) is 4.76. The SMILES string of the molecule is C=C(CCN)c1ccc2cc[nH]c2c1. The number of nitrogens with one attached hydrogen (secondary N) is 1. The number of hydrogen-bond donors (Lipinski definition) is 2. The minimum atomic E-state index is 0.654. The van der Waals surface area contributed by atoms with E-state index in [1.54, 1.807) is 0 Å². The molecule has 14 heavy (non-hydrogen) atoms. The Labute approximate surface area is 83.4 Å². The van der Waals surface area contributed by atoms with Gasteiger partial charge in [-0.05, 0) is 41.6 Å². The summed E-state index contributed by atoms with van der Waals surface area (Å²) >= 11 is 0. The molecule has 2 aromatic rings. The number of H-pyrrole nitrogens is 1. The van der Waals surface area contributed by atoms with Crippen molar-refractivity contribution in [2.75, 3.05) is 6.54 Å². The Kier molecular flexibility index (Phi) is 2.37. The minimum absolute atomic E-state index is 0.654. The fourth-order valence-electron chi connectivity index (χ4n) is 1.59. The van der Waals surface area contributed by atoms with Gasteiger partial charge in [0.15, 0.2) is 0 Å². The van der Waals surface area contributed by atoms with Gasteiger partial charge in [-0.2, -0.15) is 0 Å². The predicted octanol–water partition coefficient (Wildman–Crippen LogP) is 2.53. The molecule has 3 N–H and O–H groups in total. The molecule has 0 aliphatic heterocycles. The Hall–Kier alpha value is -1.54. The minimum Gasteiger partial charge on any atom is -0.361 e. The highest BCUT2D eigenvalue weighted by Gasteiger charge is 2.00. The van der Waals surface area contributed by atoms with Gasteiger partial charge in [0, 0.05) is 11.7 Å². The largest absolute Gasteiger partial charge is 0.361 e. The van der Waals surface area contributed by atoms with E-state index in [2.05, 4.69) is 35.8 Å². The lowest BCUT2D eigenvalue weighted by Gasteiger charge is -2.03. The maximum absolute atomic E-state index is 5.49. The third kappa shape index (κ3) is 1.56. The summed E-state index contributed by atoms with van der Waals surface area (Å²) in [5.74, 6) is 0. The zero-order valence-electron chi connectivity index (χ0n) is 8.09. The van der Waals surface area contributed by atoms with E-state index in [4.69, 9.17) is 5.73 Å². The number of hydrogen-bond acceptors (Lipinski definition) is 1. The molecule has 0 unspecified atom stereocenters. The summed E-state index contributed by atoms with van der Waals surface area (Å²) in [6.07, 6.45) is 2.80. The summed E-state index contributed by atoms with van der Waals surface area (Å²) in [5.41, 5.74) is 8.92. The fraction of sp³-hybridized carbons (Fsp3) is 0.167. The van der Waals surface area contributed by atoms with Crippen LogP contribution in [0.1, 0.15) is 12.0 Å². The quantitative estimate of drug-likeness (QED) is 0.760. The third-order valence-electron chi connectivity index (χ3n) is 2.41. The van der Waals surface area contributed by atoms with Crippen LogP contribution in [0.25, 0.3) is 16.5 Å². The molecule has 1 heterocycles. The molecule has 0 bridgehead atoms. The summed E-state index contributed by atoms with van der Waals surface area (Å²) in [5, 5.41) is 1.23. The smallest absolute Gasteiger partial charge is 0.0460 e. The average molecular weight is 186 g/mol. The Morgan fingerprint density at radius 2 is 2.21 bits per heavy atom. The van der Waals surface area contributed by atoms with Crippen LogP contribution in [0.4, 0.5) is 0 Å². The van der Waals surface area contributed by atoms with E-state index in [0.717, 1.165) is 17.5 Å². The first-order chi connectivity index (χ1) is 6.81. The molecule has 0 radical (unpaired) electrons. The molecule has 0 fully saturated rings. The first-order valence-electron chi connectivity index (χ1n) is 4.76. The average Bonchev–Trinajstić information content (AvgIpc) is 2.64. The Balaban J connectivity index is 2.38. The van der Waals surface area contributed by atoms with Gasteiger partial charge < -0.3 is 10.7 Å². The van der Waals surface area contributed by atoms with Gasteiger partial charge >= 0.3 is 0 Å². The number of aromatic nitrogens is 1. The van der Waals surface area contributed by atoms with Crippen LogP contribution in [-0.2, 0) is 0 Å². The lowest BCUT2D eigenvalue weighted by Crippen LogP contribution is -1.99. The van der Waals surface area contributed by atoms with Crippen LogP contribution < -0.4 is 5.73 Å². The van der Waals surface area contributed by atoms with E-state index < -0.39 is 0 Å². The maximum Gasteiger partial charge on any atom is 0.0460 e. The van der Waals surface area contributed by atoms with E-state index in [0.29, 0.717) is 6.54 Å². The molecule has 0 saturated heterocycles. The topological polar surface area (TPSA) is 41.8 Å². The van der Waals surface area contributed by atoms with E-state index in [1.165, 1.54) is 10.9 Å². The van der Waals surface area contributed by atoms with Gasteiger partial charge in [-0.25, -0.2) is 0 Å². The standard InChI is InChI=1S/C12H14N2/c1-9(4-6-13)11-3-2-10-5-7-14-12(10)8-11/h2-3,5,7-8,14H,1,4,6,13H2. The predicted molar refractivity (Wildman–Crippen MR) is 61.0 cm³/mol. The van der Waals surface area contributed by atoms with Gasteiger partial charge in [-0.3, -0.25) is 0 Å². The Morgan fingerprint density at radius 1 is 1.36 bits per heavy atom. The molecule has 2 nitrogen and oxygen atoms in total. The molecule has 0 amide bonds. The number of aromatic amines is 1. The second kappa shape index (κ2) is 3.68. The van der Waals surface area contributed by atoms with Gasteiger partial charge in [-0.1, -0.05) is 18.7 Å². The van der Waals surface area contributed by atoms with Crippen LogP contribution in [0, 0.1) is 0 Å². The van der Waals surface area contributed by atoms with Gasteiger partial charge in [0.2, 0.25) is 0 Å². The van der Waals surface area contributed by atoms with Crippen LogP contribution in [0.2, 0.25) is 0 Å². The van der Waals surface area contributed by atoms with Crippen molar-refractivity contribution < 1.29 is 0 Å². The number of fused-ring (bicyclic) bond motifs is 1. The van der Waals surface area contributed by atoms with Crippen molar-refractivity contribution in [3.05, 3.63) is 42.6 Å². The monoisotopic (exact) mass is 186 g/mol. The van der Waals surface area contributed by atoms with Crippen LogP contribution in [0.5, 0.6) is 0 Å². The summed E-state index contributed by atoms with van der Waals surface area (Å²) in [6, 6.07) is 8.37. The fourth-order valence-corrected chi connectivity index (χ4v) is 1.59. The number of benzene rings is 1. The lowest BCUT2D eigenvalue weighted by molar-refractivity contribution is 1.02. The summed E-state index contributed by atoms with van der Waals surface area (Å²) in [7, 11) is 0. The summed E-state index contributed by atoms with van der Waals surface area (Å²) in [6.45, 7) is 4.67. The van der Waals surface area contributed by atoms with Crippen molar-refractivity contribution in [1.82, 2.24) is 4.98 Å². The van der Waals surface area contributed by atoms with Crippen LogP contribution in [-0.4, -0.2) is 11.5 Å². The molecule has 72 valence electrons. The molecule has 2 rings (SSSR count). The Morgan fingerprint density at radius 3 is 3.00 bits per heavy atom. The van der Waals surface area contributed by atoms with Crippen molar-refractivity contribution in [2.45, 2.75) is 6.42 Å². The molecule has 0 spiro atoms. The maximum atomic E-state index is 5.49. The van der Waals surface area contributed by atoms with Crippen molar-refractivity contribution >= 4 is 16.5 Å². The third-order valence-corrected chi connectivity index (χ3v) is 2.41. The van der Waals surface area contributed by atoms with Crippen LogP contribution >= 0.6 is 0 Å². The van der Waals surface area contributed by atoms with Gasteiger partial charge in [0.25, 0.3) is 0 Å². The van der Waals surface area contributed by atoms with Crippen LogP contribution in [0.15, 0.2) is 37.0 Å². The lowest BCUT2D eigenvalue weighted by atomic mass is 10.0. The number of rotatable bonds is 3. The van der Waals surface area contributed by atoms with E-state index in [1.807, 2.05) is 6.20 Å². The highest BCUT2D eigenvalue weighted by Crippen LogP contribution is 2.20. The van der Waals surface area contributed by atoms with Crippen molar-refractivity contribution in [3.63, 3.8) is 0 Å². The van der Waals surface area contributed by atoms with Crippen molar-refractivity contribution in [1.29, 1.82) is 0 Å². The molecular formula is C12H14N2. The van der Waals surface area contributed by atoms with Gasteiger partial charge in [-0.15, -0.1) is 0 Å². The van der Waals surface area contributed by atoms with E-state index >= 15 is 0 Å². The zero-order valence-corrected chi connectivity index (χ0v) is 8.09. The van der Waals surface area contributed by atoms with Crippen LogP contribution in [0.3, 0.4) is 0 Å². The van der Waals surface area contributed by atoms with E-state index in [9.17, 15) is 0 Å². The number of nitrogens with two attached hydrogens (primary N) is 1. The summed E-state index contributed by atoms with van der Waals surface area (Å²) in [4.78, 5) is 3.18. The second-order valence-corrected chi connectivity index (χ2v) is 3.42. The van der Waals surface area contributed by atoms with Crippen molar-refractivity contribution in [2.24, 2.45) is 5.73 Å². The summed E-state index contributed by atoms with van der Waals surface area (Å²) < 4.78 is 0. The molecular weight excluding hydrogens is 172 g/mol. The molecule has 0 aliphatic carbocycles. The highest BCUT2D eigenvalue weighted by atomic mass is 14.7. The Bertz CT molecular complexity index is 454. The molecule has 0 aliphatic rings. The zero-order chi connectivity index (χ0) is 9.97. The van der Waals surface area contributed by atoms with Gasteiger partial charge in [0.1, 0.15) is 0 Å². The van der Waals surface area contributed by atoms with Crippen molar-refractivity contribution in [3.8, 4) is 0 Å². The van der Waals surface area contributed by atoms with E-state index in [-0.39, 0.29) is 0 Å². The highest BCUT2D eigenvalue weighted by molar-refractivity contribution is 5.83. The molecule has 1 aromatic heterocycles. The molecule has 1 aromatic carbocycles. The molecule has 0 saturated carbocycles. The normalized spacial score (nSPS) is 10.6. The first kappa shape index (κ1) is 9.03. The second-order valence-electron chi connectivity index (χ2n) is 3.42.